The Labute approximate surface area is 189 Å². The molecule has 0 bridgehead atoms. The fourth-order valence-corrected chi connectivity index (χ4v) is 4.92. The molecular formula is C24H23N3O2S2. The van der Waals surface area contributed by atoms with Gasteiger partial charge in [-0.25, -0.2) is 4.98 Å². The molecule has 0 unspecified atom stereocenters. The lowest BCUT2D eigenvalue weighted by Gasteiger charge is -2.15. The van der Waals surface area contributed by atoms with Crippen molar-refractivity contribution in [2.75, 3.05) is 5.75 Å². The van der Waals surface area contributed by atoms with Gasteiger partial charge in [0.25, 0.3) is 5.56 Å². The molecule has 0 saturated carbocycles. The van der Waals surface area contributed by atoms with Gasteiger partial charge < -0.3 is 5.32 Å². The summed E-state index contributed by atoms with van der Waals surface area (Å²) in [5, 5.41) is 5.44. The lowest BCUT2D eigenvalue weighted by molar-refractivity contribution is -0.119. The van der Waals surface area contributed by atoms with E-state index < -0.39 is 0 Å². The van der Waals surface area contributed by atoms with E-state index >= 15 is 0 Å². The quantitative estimate of drug-likeness (QED) is 0.313. The second-order valence-electron chi connectivity index (χ2n) is 7.29. The first-order chi connectivity index (χ1) is 15.1. The highest BCUT2D eigenvalue weighted by molar-refractivity contribution is 7.99. The normalized spacial score (nSPS) is 12.0. The standard InChI is InChI=1S/C24H23N3O2S2/c1-17(12-13-18-8-4-2-5-9-18)25-21(28)16-31-24-26-20-14-15-30-22(20)23(29)27(24)19-10-6-3-7-11-19/h2-11,14-15,17H,12-13,16H2,1H3,(H,25,28)/t17-/m1/s1. The van der Waals surface area contributed by atoms with Gasteiger partial charge >= 0.3 is 0 Å². The number of aryl methyl sites for hydroxylation is 1. The molecule has 158 valence electrons. The van der Waals surface area contributed by atoms with Gasteiger partial charge in [-0.05, 0) is 48.9 Å². The number of hydrogen-bond donors (Lipinski definition) is 1. The summed E-state index contributed by atoms with van der Waals surface area (Å²) in [4.78, 5) is 30.3. The van der Waals surface area contributed by atoms with Crippen molar-refractivity contribution in [2.45, 2.75) is 31.0 Å². The molecule has 1 amide bonds. The molecule has 2 aromatic heterocycles. The van der Waals surface area contributed by atoms with E-state index in [4.69, 9.17) is 0 Å². The van der Waals surface area contributed by atoms with Crippen LogP contribution in [0, 0.1) is 0 Å². The minimum Gasteiger partial charge on any atom is -0.353 e. The zero-order valence-corrected chi connectivity index (χ0v) is 18.8. The molecule has 7 heteroatoms. The molecule has 0 spiro atoms. The van der Waals surface area contributed by atoms with Gasteiger partial charge in [-0.2, -0.15) is 0 Å². The van der Waals surface area contributed by atoms with Crippen LogP contribution < -0.4 is 10.9 Å². The molecule has 1 atom stereocenters. The third-order valence-electron chi connectivity index (χ3n) is 4.91. The third kappa shape index (κ3) is 5.24. The molecule has 4 aromatic rings. The van der Waals surface area contributed by atoms with Crippen molar-refractivity contribution in [3.05, 3.63) is 88.0 Å². The van der Waals surface area contributed by atoms with Gasteiger partial charge in [-0.1, -0.05) is 60.3 Å². The van der Waals surface area contributed by atoms with Crippen molar-refractivity contribution in [3.63, 3.8) is 0 Å². The number of thioether (sulfide) groups is 1. The molecule has 2 aromatic carbocycles. The van der Waals surface area contributed by atoms with E-state index in [-0.39, 0.29) is 23.3 Å². The van der Waals surface area contributed by atoms with Crippen molar-refractivity contribution in [1.29, 1.82) is 0 Å². The topological polar surface area (TPSA) is 64.0 Å². The Morgan fingerprint density at radius 3 is 2.55 bits per heavy atom. The fraction of sp³-hybridized carbons (Fsp3) is 0.208. The SMILES string of the molecule is C[C@H](CCc1ccccc1)NC(=O)CSc1nc2ccsc2c(=O)n1-c1ccccc1. The lowest BCUT2D eigenvalue weighted by Crippen LogP contribution is -2.34. The van der Waals surface area contributed by atoms with Crippen LogP contribution in [0.4, 0.5) is 0 Å². The summed E-state index contributed by atoms with van der Waals surface area (Å²) in [6.07, 6.45) is 1.79. The number of aromatic nitrogens is 2. The van der Waals surface area contributed by atoms with E-state index in [1.54, 1.807) is 4.57 Å². The van der Waals surface area contributed by atoms with E-state index in [2.05, 4.69) is 22.4 Å². The summed E-state index contributed by atoms with van der Waals surface area (Å²) in [5.41, 5.74) is 2.57. The summed E-state index contributed by atoms with van der Waals surface area (Å²) in [6, 6.07) is 21.6. The highest BCUT2D eigenvalue weighted by Gasteiger charge is 2.16. The molecule has 0 aliphatic heterocycles. The van der Waals surface area contributed by atoms with Crippen molar-refractivity contribution in [3.8, 4) is 5.69 Å². The molecule has 0 saturated heterocycles. The first-order valence-corrected chi connectivity index (χ1v) is 12.0. The van der Waals surface area contributed by atoms with Gasteiger partial charge in [0.1, 0.15) is 4.70 Å². The molecular weight excluding hydrogens is 426 g/mol. The van der Waals surface area contributed by atoms with E-state index in [0.29, 0.717) is 15.4 Å². The van der Waals surface area contributed by atoms with Gasteiger partial charge in [-0.15, -0.1) is 11.3 Å². The first kappa shape index (κ1) is 21.3. The van der Waals surface area contributed by atoms with Crippen LogP contribution in [0.25, 0.3) is 15.9 Å². The average Bonchev–Trinajstić information content (AvgIpc) is 3.27. The average molecular weight is 450 g/mol. The summed E-state index contributed by atoms with van der Waals surface area (Å²) < 4.78 is 2.21. The van der Waals surface area contributed by atoms with Crippen LogP contribution in [-0.4, -0.2) is 27.3 Å². The number of nitrogens with zero attached hydrogens (tertiary/aromatic N) is 2. The van der Waals surface area contributed by atoms with Gasteiger partial charge in [0.05, 0.1) is 17.0 Å². The highest BCUT2D eigenvalue weighted by Crippen LogP contribution is 2.23. The first-order valence-electron chi connectivity index (χ1n) is 10.1. The number of para-hydroxylation sites is 1. The molecule has 0 aliphatic rings. The zero-order chi connectivity index (χ0) is 21.6. The molecule has 5 nitrogen and oxygen atoms in total. The largest absolute Gasteiger partial charge is 0.353 e. The maximum absolute atomic E-state index is 13.1. The maximum Gasteiger partial charge on any atom is 0.276 e. The number of amides is 1. The number of thiophene rings is 1. The van der Waals surface area contributed by atoms with Crippen molar-refractivity contribution in [2.24, 2.45) is 0 Å². The van der Waals surface area contributed by atoms with Crippen LogP contribution in [0.2, 0.25) is 0 Å². The number of carbonyl (C=O) groups excluding carboxylic acids is 1. The minimum atomic E-state index is -0.106. The van der Waals surface area contributed by atoms with E-state index in [1.165, 1.54) is 28.7 Å². The molecule has 0 aliphatic carbocycles. The van der Waals surface area contributed by atoms with E-state index in [9.17, 15) is 9.59 Å². The number of nitrogens with one attached hydrogen (secondary N) is 1. The van der Waals surface area contributed by atoms with E-state index in [1.807, 2.05) is 66.9 Å². The summed E-state index contributed by atoms with van der Waals surface area (Å²) in [5.74, 6) is 0.134. The summed E-state index contributed by atoms with van der Waals surface area (Å²) in [7, 11) is 0. The number of benzene rings is 2. The predicted octanol–water partition coefficient (Wildman–Crippen LogP) is 4.68. The smallest absolute Gasteiger partial charge is 0.276 e. The second kappa shape index (κ2) is 9.94. The van der Waals surface area contributed by atoms with Crippen molar-refractivity contribution in [1.82, 2.24) is 14.9 Å². The van der Waals surface area contributed by atoms with E-state index in [0.717, 1.165) is 18.5 Å². The predicted molar refractivity (Wildman–Crippen MR) is 128 cm³/mol. The Morgan fingerprint density at radius 2 is 1.81 bits per heavy atom. The minimum absolute atomic E-state index is 0.0650. The highest BCUT2D eigenvalue weighted by atomic mass is 32.2. The van der Waals surface area contributed by atoms with Crippen LogP contribution in [0.1, 0.15) is 18.9 Å². The van der Waals surface area contributed by atoms with Crippen LogP contribution in [0.5, 0.6) is 0 Å². The third-order valence-corrected chi connectivity index (χ3v) is 6.74. The maximum atomic E-state index is 13.1. The summed E-state index contributed by atoms with van der Waals surface area (Å²) in [6.45, 7) is 2.01. The van der Waals surface area contributed by atoms with Gasteiger partial charge in [0.15, 0.2) is 5.16 Å². The Hall–Kier alpha value is -2.90. The van der Waals surface area contributed by atoms with Gasteiger partial charge in [0.2, 0.25) is 5.91 Å². The van der Waals surface area contributed by atoms with Crippen LogP contribution in [0.3, 0.4) is 0 Å². The van der Waals surface area contributed by atoms with Crippen LogP contribution >= 0.6 is 23.1 Å². The fourth-order valence-electron chi connectivity index (χ4n) is 3.34. The Bertz CT molecular complexity index is 1220. The Balaban J connectivity index is 1.44. The number of hydrogen-bond acceptors (Lipinski definition) is 5. The number of fused-ring (bicyclic) bond motifs is 1. The Morgan fingerprint density at radius 1 is 1.10 bits per heavy atom. The number of rotatable bonds is 8. The molecule has 0 fully saturated rings. The molecule has 4 rings (SSSR count). The molecule has 31 heavy (non-hydrogen) atoms. The second-order valence-corrected chi connectivity index (χ2v) is 9.15. The Kier molecular flexibility index (Phi) is 6.84. The molecule has 1 N–H and O–H groups in total. The van der Waals surface area contributed by atoms with Crippen LogP contribution in [0.15, 0.2) is 82.1 Å². The van der Waals surface area contributed by atoms with Gasteiger partial charge in [0, 0.05) is 6.04 Å². The zero-order valence-electron chi connectivity index (χ0n) is 17.2. The molecule has 0 radical (unpaired) electrons. The van der Waals surface area contributed by atoms with Crippen molar-refractivity contribution < 1.29 is 4.79 Å². The molecule has 2 heterocycles. The number of carbonyl (C=O) groups is 1. The summed E-state index contributed by atoms with van der Waals surface area (Å²) >= 11 is 2.67. The van der Waals surface area contributed by atoms with Crippen LogP contribution in [-0.2, 0) is 11.2 Å². The lowest BCUT2D eigenvalue weighted by atomic mass is 10.1. The van der Waals surface area contributed by atoms with Crippen molar-refractivity contribution >= 4 is 39.2 Å². The monoisotopic (exact) mass is 449 g/mol. The van der Waals surface area contributed by atoms with Gasteiger partial charge in [-0.3, -0.25) is 14.2 Å².